The Hall–Kier alpha value is -2.28. The standard InChI is InChI=1S/C17H18BrN3O3/c1-24-13-3-4-14(15(22)10-13)17(23)21-8-6-20(7-9-21)16-5-2-12(18)11-19-16/h2-5,10-11,22H,6-9H2,1H3. The number of pyridine rings is 1. The van der Waals surface area contributed by atoms with E-state index in [0.717, 1.165) is 10.3 Å². The van der Waals surface area contributed by atoms with Gasteiger partial charge in [-0.05, 0) is 40.2 Å². The van der Waals surface area contributed by atoms with Crippen molar-refractivity contribution in [2.24, 2.45) is 0 Å². The van der Waals surface area contributed by atoms with Gasteiger partial charge in [-0.1, -0.05) is 0 Å². The molecule has 0 bridgehead atoms. The zero-order chi connectivity index (χ0) is 17.1. The van der Waals surface area contributed by atoms with Crippen molar-refractivity contribution in [1.29, 1.82) is 0 Å². The van der Waals surface area contributed by atoms with Gasteiger partial charge in [0.2, 0.25) is 0 Å². The van der Waals surface area contributed by atoms with Crippen LogP contribution in [0.4, 0.5) is 5.82 Å². The SMILES string of the molecule is COc1ccc(C(=O)N2CCN(c3ccc(Br)cn3)CC2)c(O)c1. The van der Waals surface area contributed by atoms with Crippen molar-refractivity contribution in [1.82, 2.24) is 9.88 Å². The topological polar surface area (TPSA) is 65.9 Å². The van der Waals surface area contributed by atoms with Gasteiger partial charge in [-0.15, -0.1) is 0 Å². The lowest BCUT2D eigenvalue weighted by molar-refractivity contribution is 0.0743. The van der Waals surface area contributed by atoms with Crippen LogP contribution in [0.2, 0.25) is 0 Å². The van der Waals surface area contributed by atoms with Crippen molar-refractivity contribution in [2.75, 3.05) is 38.2 Å². The smallest absolute Gasteiger partial charge is 0.257 e. The molecule has 1 saturated heterocycles. The van der Waals surface area contributed by atoms with E-state index in [1.807, 2.05) is 12.1 Å². The average molecular weight is 392 g/mol. The number of phenols is 1. The van der Waals surface area contributed by atoms with E-state index >= 15 is 0 Å². The number of carbonyl (C=O) groups excluding carboxylic acids is 1. The first kappa shape index (κ1) is 16.6. The highest BCUT2D eigenvalue weighted by Crippen LogP contribution is 2.25. The summed E-state index contributed by atoms with van der Waals surface area (Å²) in [5, 5.41) is 10.0. The van der Waals surface area contributed by atoms with Crippen LogP contribution in [0, 0.1) is 0 Å². The monoisotopic (exact) mass is 391 g/mol. The Morgan fingerprint density at radius 1 is 1.21 bits per heavy atom. The predicted molar refractivity (Wildman–Crippen MR) is 94.7 cm³/mol. The molecule has 0 atom stereocenters. The Labute approximate surface area is 148 Å². The quantitative estimate of drug-likeness (QED) is 0.870. The summed E-state index contributed by atoms with van der Waals surface area (Å²) in [6, 6.07) is 8.63. The molecule has 3 rings (SSSR count). The number of hydrogen-bond donors (Lipinski definition) is 1. The molecule has 1 aromatic carbocycles. The van der Waals surface area contributed by atoms with Crippen LogP contribution in [0.5, 0.6) is 11.5 Å². The van der Waals surface area contributed by atoms with Crippen LogP contribution in [-0.2, 0) is 0 Å². The fourth-order valence-corrected chi connectivity index (χ4v) is 2.92. The minimum absolute atomic E-state index is 0.0589. The second-order valence-electron chi connectivity index (χ2n) is 5.50. The van der Waals surface area contributed by atoms with Crippen molar-refractivity contribution >= 4 is 27.7 Å². The van der Waals surface area contributed by atoms with Gasteiger partial charge in [-0.3, -0.25) is 4.79 Å². The Morgan fingerprint density at radius 2 is 1.96 bits per heavy atom. The molecule has 1 aliphatic rings. The van der Waals surface area contributed by atoms with E-state index < -0.39 is 0 Å². The van der Waals surface area contributed by atoms with Crippen LogP contribution < -0.4 is 9.64 Å². The number of aromatic hydroxyl groups is 1. The van der Waals surface area contributed by atoms with E-state index in [1.54, 1.807) is 23.2 Å². The summed E-state index contributed by atoms with van der Waals surface area (Å²) in [4.78, 5) is 20.9. The number of nitrogens with zero attached hydrogens (tertiary/aromatic N) is 3. The summed E-state index contributed by atoms with van der Waals surface area (Å²) >= 11 is 3.37. The number of anilines is 1. The minimum Gasteiger partial charge on any atom is -0.507 e. The van der Waals surface area contributed by atoms with E-state index in [-0.39, 0.29) is 11.7 Å². The molecule has 0 radical (unpaired) electrons. The van der Waals surface area contributed by atoms with Crippen LogP contribution in [0.15, 0.2) is 41.0 Å². The van der Waals surface area contributed by atoms with Crippen LogP contribution in [0.3, 0.4) is 0 Å². The highest BCUT2D eigenvalue weighted by Gasteiger charge is 2.24. The number of methoxy groups -OCH3 is 1. The van der Waals surface area contributed by atoms with Crippen LogP contribution in [-0.4, -0.2) is 54.2 Å². The highest BCUT2D eigenvalue weighted by atomic mass is 79.9. The summed E-state index contributed by atoms with van der Waals surface area (Å²) < 4.78 is 5.98. The van der Waals surface area contributed by atoms with E-state index in [1.165, 1.54) is 13.2 Å². The van der Waals surface area contributed by atoms with Gasteiger partial charge in [0.25, 0.3) is 5.91 Å². The predicted octanol–water partition coefficient (Wildman–Crippen LogP) is 2.52. The molecule has 1 fully saturated rings. The van der Waals surface area contributed by atoms with E-state index in [2.05, 4.69) is 25.8 Å². The Bertz CT molecular complexity index is 728. The highest BCUT2D eigenvalue weighted by molar-refractivity contribution is 9.10. The molecular weight excluding hydrogens is 374 g/mol. The summed E-state index contributed by atoms with van der Waals surface area (Å²) in [7, 11) is 1.52. The first-order chi connectivity index (χ1) is 11.6. The van der Waals surface area contributed by atoms with Crippen LogP contribution in [0.1, 0.15) is 10.4 Å². The van der Waals surface area contributed by atoms with E-state index in [4.69, 9.17) is 4.74 Å². The van der Waals surface area contributed by atoms with Crippen molar-refractivity contribution < 1.29 is 14.6 Å². The molecule has 24 heavy (non-hydrogen) atoms. The fourth-order valence-electron chi connectivity index (χ4n) is 2.68. The van der Waals surface area contributed by atoms with Crippen LogP contribution in [0.25, 0.3) is 0 Å². The Morgan fingerprint density at radius 3 is 2.54 bits per heavy atom. The zero-order valence-corrected chi connectivity index (χ0v) is 14.9. The molecule has 6 nitrogen and oxygen atoms in total. The number of amides is 1. The molecule has 0 unspecified atom stereocenters. The largest absolute Gasteiger partial charge is 0.507 e. The second kappa shape index (κ2) is 7.09. The van der Waals surface area contributed by atoms with Gasteiger partial charge in [-0.2, -0.15) is 0 Å². The Kier molecular flexibility index (Phi) is 4.89. The molecule has 2 aromatic rings. The van der Waals surface area contributed by atoms with Gasteiger partial charge in [-0.25, -0.2) is 4.98 Å². The third kappa shape index (κ3) is 3.46. The number of phenolic OH excluding ortho intramolecular Hbond substituents is 1. The lowest BCUT2D eigenvalue weighted by Gasteiger charge is -2.35. The van der Waals surface area contributed by atoms with Gasteiger partial charge < -0.3 is 19.6 Å². The van der Waals surface area contributed by atoms with Crippen LogP contribution >= 0.6 is 15.9 Å². The van der Waals surface area contributed by atoms with Gasteiger partial charge in [0.1, 0.15) is 17.3 Å². The normalized spacial score (nSPS) is 14.6. The molecule has 0 spiro atoms. The summed E-state index contributed by atoms with van der Waals surface area (Å²) in [6.45, 7) is 2.58. The second-order valence-corrected chi connectivity index (χ2v) is 6.41. The van der Waals surface area contributed by atoms with Crippen molar-refractivity contribution in [3.8, 4) is 11.5 Å². The average Bonchev–Trinajstić information content (AvgIpc) is 2.62. The molecule has 0 aliphatic carbocycles. The maximum Gasteiger partial charge on any atom is 0.257 e. The molecule has 2 heterocycles. The summed E-state index contributed by atoms with van der Waals surface area (Å²) in [5.74, 6) is 1.20. The molecule has 1 aromatic heterocycles. The fraction of sp³-hybridized carbons (Fsp3) is 0.294. The number of aromatic nitrogens is 1. The summed E-state index contributed by atoms with van der Waals surface area (Å²) in [5.41, 5.74) is 0.297. The maximum atomic E-state index is 12.6. The molecule has 7 heteroatoms. The first-order valence-corrected chi connectivity index (χ1v) is 8.40. The van der Waals surface area contributed by atoms with Gasteiger partial charge >= 0.3 is 0 Å². The zero-order valence-electron chi connectivity index (χ0n) is 13.3. The number of halogens is 1. The van der Waals surface area contributed by atoms with E-state index in [0.29, 0.717) is 37.5 Å². The molecular formula is C17H18BrN3O3. The number of benzene rings is 1. The molecule has 0 saturated carbocycles. The maximum absolute atomic E-state index is 12.6. The van der Waals surface area contributed by atoms with Crippen molar-refractivity contribution in [3.05, 3.63) is 46.6 Å². The molecule has 126 valence electrons. The minimum atomic E-state index is -0.168. The molecule has 1 aliphatic heterocycles. The lowest BCUT2D eigenvalue weighted by Crippen LogP contribution is -2.49. The number of hydrogen-bond acceptors (Lipinski definition) is 5. The first-order valence-electron chi connectivity index (χ1n) is 7.61. The number of rotatable bonds is 3. The van der Waals surface area contributed by atoms with E-state index in [9.17, 15) is 9.90 Å². The third-order valence-electron chi connectivity index (χ3n) is 4.04. The van der Waals surface area contributed by atoms with Gasteiger partial charge in [0, 0.05) is 42.9 Å². The number of carbonyl (C=O) groups is 1. The Balaban J connectivity index is 1.66. The summed E-state index contributed by atoms with van der Waals surface area (Å²) in [6.07, 6.45) is 1.77. The van der Waals surface area contributed by atoms with Crippen molar-refractivity contribution in [2.45, 2.75) is 0 Å². The van der Waals surface area contributed by atoms with Gasteiger partial charge in [0.15, 0.2) is 0 Å². The molecule has 1 amide bonds. The third-order valence-corrected chi connectivity index (χ3v) is 4.51. The number of ether oxygens (including phenoxy) is 1. The van der Waals surface area contributed by atoms with Gasteiger partial charge in [0.05, 0.1) is 12.7 Å². The lowest BCUT2D eigenvalue weighted by atomic mass is 10.1. The number of piperazine rings is 1. The van der Waals surface area contributed by atoms with Crippen molar-refractivity contribution in [3.63, 3.8) is 0 Å². The molecule has 1 N–H and O–H groups in total.